The standard InChI is InChI=1S/C7H10N2/c8-5-7-2-1-6-3-4-9(6)7/h6-7H,1-4H2/t6-,7?/m0/s1. The first-order valence-electron chi connectivity index (χ1n) is 3.57. The molecule has 2 heterocycles. The van der Waals surface area contributed by atoms with Gasteiger partial charge in [-0.1, -0.05) is 0 Å². The summed E-state index contributed by atoms with van der Waals surface area (Å²) in [5, 5.41) is 8.60. The molecular weight excluding hydrogens is 112 g/mol. The lowest BCUT2D eigenvalue weighted by molar-refractivity contribution is 0.117. The second-order valence-corrected chi connectivity index (χ2v) is 2.90. The fraction of sp³-hybridized carbons (Fsp3) is 0.857. The minimum atomic E-state index is 0.267. The van der Waals surface area contributed by atoms with Crippen molar-refractivity contribution in [2.75, 3.05) is 6.54 Å². The van der Waals surface area contributed by atoms with Gasteiger partial charge >= 0.3 is 0 Å². The monoisotopic (exact) mass is 122 g/mol. The first-order chi connectivity index (χ1) is 4.42. The second kappa shape index (κ2) is 1.71. The lowest BCUT2D eigenvalue weighted by atomic mass is 10.1. The fourth-order valence-corrected chi connectivity index (χ4v) is 1.84. The summed E-state index contributed by atoms with van der Waals surface area (Å²) >= 11 is 0. The van der Waals surface area contributed by atoms with E-state index in [0.29, 0.717) is 0 Å². The summed E-state index contributed by atoms with van der Waals surface area (Å²) in [6, 6.07) is 3.38. The van der Waals surface area contributed by atoms with Crippen molar-refractivity contribution in [3.8, 4) is 6.07 Å². The van der Waals surface area contributed by atoms with E-state index in [1.54, 1.807) is 0 Å². The SMILES string of the molecule is N#CC1CC[C@H]2CCN12. The Morgan fingerprint density at radius 2 is 2.22 bits per heavy atom. The molecule has 2 fully saturated rings. The van der Waals surface area contributed by atoms with Crippen molar-refractivity contribution in [1.82, 2.24) is 4.90 Å². The molecule has 0 aliphatic carbocycles. The summed E-state index contributed by atoms with van der Waals surface area (Å²) < 4.78 is 0. The molecule has 0 aromatic carbocycles. The van der Waals surface area contributed by atoms with Crippen LogP contribution >= 0.6 is 0 Å². The molecule has 0 aromatic rings. The maximum atomic E-state index is 8.60. The minimum Gasteiger partial charge on any atom is -0.285 e. The number of nitrogens with zero attached hydrogens (tertiary/aromatic N) is 2. The van der Waals surface area contributed by atoms with Crippen LogP contribution < -0.4 is 0 Å². The van der Waals surface area contributed by atoms with Crippen LogP contribution in [0.5, 0.6) is 0 Å². The molecule has 2 aliphatic heterocycles. The topological polar surface area (TPSA) is 27.0 Å². The lowest BCUT2D eigenvalue weighted by Crippen LogP contribution is -2.46. The zero-order chi connectivity index (χ0) is 6.27. The van der Waals surface area contributed by atoms with Crippen LogP contribution in [0.3, 0.4) is 0 Å². The average Bonchev–Trinajstić information content (AvgIpc) is 2.07. The fourth-order valence-electron chi connectivity index (χ4n) is 1.84. The Labute approximate surface area is 55.1 Å². The van der Waals surface area contributed by atoms with E-state index < -0.39 is 0 Å². The maximum Gasteiger partial charge on any atom is 0.0980 e. The first kappa shape index (κ1) is 5.25. The van der Waals surface area contributed by atoms with E-state index in [-0.39, 0.29) is 6.04 Å². The smallest absolute Gasteiger partial charge is 0.0980 e. The van der Waals surface area contributed by atoms with Gasteiger partial charge in [0.1, 0.15) is 0 Å². The summed E-state index contributed by atoms with van der Waals surface area (Å²) in [4.78, 5) is 2.32. The van der Waals surface area contributed by atoms with Crippen LogP contribution in [0.1, 0.15) is 19.3 Å². The van der Waals surface area contributed by atoms with E-state index in [4.69, 9.17) is 5.26 Å². The predicted molar refractivity (Wildman–Crippen MR) is 33.7 cm³/mol. The lowest BCUT2D eigenvalue weighted by Gasteiger charge is -2.36. The van der Waals surface area contributed by atoms with Gasteiger partial charge in [0.05, 0.1) is 12.1 Å². The normalized spacial score (nSPS) is 41.2. The zero-order valence-electron chi connectivity index (χ0n) is 5.38. The molecule has 2 saturated heterocycles. The van der Waals surface area contributed by atoms with E-state index >= 15 is 0 Å². The summed E-state index contributed by atoms with van der Waals surface area (Å²) in [5.41, 5.74) is 0. The average molecular weight is 122 g/mol. The van der Waals surface area contributed by atoms with Crippen molar-refractivity contribution in [3.05, 3.63) is 0 Å². The zero-order valence-corrected chi connectivity index (χ0v) is 5.38. The van der Waals surface area contributed by atoms with Gasteiger partial charge in [-0.2, -0.15) is 5.26 Å². The Kier molecular flexibility index (Phi) is 1.000. The van der Waals surface area contributed by atoms with Crippen LogP contribution in [0.15, 0.2) is 0 Å². The molecule has 0 bridgehead atoms. The van der Waals surface area contributed by atoms with Gasteiger partial charge in [-0.3, -0.25) is 4.90 Å². The highest BCUT2D eigenvalue weighted by molar-refractivity contribution is 5.04. The molecule has 1 unspecified atom stereocenters. The molecule has 0 aromatic heterocycles. The van der Waals surface area contributed by atoms with E-state index in [1.165, 1.54) is 19.4 Å². The third-order valence-electron chi connectivity index (χ3n) is 2.51. The maximum absolute atomic E-state index is 8.60. The number of rotatable bonds is 0. The predicted octanol–water partition coefficient (Wildman–Crippen LogP) is 0.747. The van der Waals surface area contributed by atoms with Crippen LogP contribution in [0, 0.1) is 11.3 Å². The molecule has 48 valence electrons. The molecule has 9 heavy (non-hydrogen) atoms. The molecule has 0 amide bonds. The molecule has 0 saturated carbocycles. The number of hydrogen-bond acceptors (Lipinski definition) is 2. The van der Waals surface area contributed by atoms with Crippen molar-refractivity contribution in [2.45, 2.75) is 31.3 Å². The molecule has 0 N–H and O–H groups in total. The third kappa shape index (κ3) is 0.585. The molecule has 2 heteroatoms. The van der Waals surface area contributed by atoms with E-state index in [9.17, 15) is 0 Å². The van der Waals surface area contributed by atoms with Crippen molar-refractivity contribution in [1.29, 1.82) is 5.26 Å². The Bertz CT molecular complexity index is 159. The van der Waals surface area contributed by atoms with Crippen LogP contribution in [-0.4, -0.2) is 23.5 Å². The molecular formula is C7H10N2. The Balaban J connectivity index is 2.07. The van der Waals surface area contributed by atoms with Gasteiger partial charge in [0.25, 0.3) is 0 Å². The highest BCUT2D eigenvalue weighted by atomic mass is 15.3. The van der Waals surface area contributed by atoms with Gasteiger partial charge in [-0.15, -0.1) is 0 Å². The van der Waals surface area contributed by atoms with E-state index in [2.05, 4.69) is 11.0 Å². The van der Waals surface area contributed by atoms with Crippen LogP contribution in [0.4, 0.5) is 0 Å². The van der Waals surface area contributed by atoms with Crippen molar-refractivity contribution >= 4 is 0 Å². The van der Waals surface area contributed by atoms with Crippen molar-refractivity contribution in [3.63, 3.8) is 0 Å². The van der Waals surface area contributed by atoms with Gasteiger partial charge in [0.15, 0.2) is 0 Å². The quantitative estimate of drug-likeness (QED) is 0.474. The van der Waals surface area contributed by atoms with Gasteiger partial charge < -0.3 is 0 Å². The van der Waals surface area contributed by atoms with Crippen molar-refractivity contribution in [2.24, 2.45) is 0 Å². The Morgan fingerprint density at radius 3 is 2.56 bits per heavy atom. The van der Waals surface area contributed by atoms with Crippen molar-refractivity contribution < 1.29 is 0 Å². The van der Waals surface area contributed by atoms with E-state index in [1.807, 2.05) is 0 Å². The largest absolute Gasteiger partial charge is 0.285 e. The Morgan fingerprint density at radius 1 is 1.33 bits per heavy atom. The van der Waals surface area contributed by atoms with Crippen LogP contribution in [0.2, 0.25) is 0 Å². The van der Waals surface area contributed by atoms with Gasteiger partial charge in [0, 0.05) is 12.6 Å². The van der Waals surface area contributed by atoms with Crippen LogP contribution in [0.25, 0.3) is 0 Å². The number of nitriles is 1. The molecule has 0 radical (unpaired) electrons. The summed E-state index contributed by atoms with van der Waals surface area (Å²) in [5.74, 6) is 0. The molecule has 2 rings (SSSR count). The van der Waals surface area contributed by atoms with Gasteiger partial charge in [-0.25, -0.2) is 0 Å². The number of hydrogen-bond donors (Lipinski definition) is 0. The third-order valence-corrected chi connectivity index (χ3v) is 2.51. The minimum absolute atomic E-state index is 0.267. The highest BCUT2D eigenvalue weighted by Crippen LogP contribution is 2.32. The molecule has 2 atom stereocenters. The van der Waals surface area contributed by atoms with Gasteiger partial charge in [-0.05, 0) is 19.3 Å². The highest BCUT2D eigenvalue weighted by Gasteiger charge is 2.39. The molecule has 2 nitrogen and oxygen atoms in total. The second-order valence-electron chi connectivity index (χ2n) is 2.90. The first-order valence-corrected chi connectivity index (χ1v) is 3.57. The van der Waals surface area contributed by atoms with Gasteiger partial charge in [0.2, 0.25) is 0 Å². The summed E-state index contributed by atoms with van der Waals surface area (Å²) in [6.45, 7) is 1.17. The summed E-state index contributed by atoms with van der Waals surface area (Å²) in [6.07, 6.45) is 3.71. The molecule has 0 spiro atoms. The Hall–Kier alpha value is -0.550. The summed E-state index contributed by atoms with van der Waals surface area (Å²) in [7, 11) is 0. The molecule has 2 aliphatic rings. The van der Waals surface area contributed by atoms with E-state index in [0.717, 1.165) is 12.5 Å². The number of fused-ring (bicyclic) bond motifs is 1. The van der Waals surface area contributed by atoms with Crippen LogP contribution in [-0.2, 0) is 0 Å².